The number of benzene rings is 1. The summed E-state index contributed by atoms with van der Waals surface area (Å²) in [5.41, 5.74) is 1.05. The van der Waals surface area contributed by atoms with Crippen molar-refractivity contribution in [2.24, 2.45) is 0 Å². The molecule has 0 spiro atoms. The minimum absolute atomic E-state index is 0.0114. The maximum absolute atomic E-state index is 11.9. The van der Waals surface area contributed by atoms with Gasteiger partial charge in [-0.1, -0.05) is 12.1 Å². The van der Waals surface area contributed by atoms with Crippen molar-refractivity contribution in [1.29, 1.82) is 0 Å². The molecular formula is C14H19NO4. The van der Waals surface area contributed by atoms with E-state index in [1.165, 1.54) is 0 Å². The molecule has 5 nitrogen and oxygen atoms in total. The summed E-state index contributed by atoms with van der Waals surface area (Å²) in [7, 11) is 0. The monoisotopic (exact) mass is 265 g/mol. The molecule has 5 heteroatoms. The van der Waals surface area contributed by atoms with E-state index >= 15 is 0 Å². The molecule has 1 aromatic carbocycles. The Morgan fingerprint density at radius 1 is 1.26 bits per heavy atom. The first kappa shape index (κ1) is 13.8. The number of rotatable bonds is 5. The number of aliphatic hydroxyl groups is 1. The number of aliphatic hydroxyl groups excluding tert-OH is 1. The molecule has 0 unspecified atom stereocenters. The Morgan fingerprint density at radius 3 is 2.58 bits per heavy atom. The maximum atomic E-state index is 11.9. The third-order valence-electron chi connectivity index (χ3n) is 3.05. The van der Waals surface area contributed by atoms with Gasteiger partial charge in [0.25, 0.3) is 5.91 Å². The third-order valence-corrected chi connectivity index (χ3v) is 3.05. The first-order valence-corrected chi connectivity index (χ1v) is 6.48. The molecule has 2 rings (SSSR count). The maximum Gasteiger partial charge on any atom is 0.260 e. The van der Waals surface area contributed by atoms with Crippen LogP contribution in [0.2, 0.25) is 0 Å². The Hall–Kier alpha value is -1.59. The van der Waals surface area contributed by atoms with Crippen molar-refractivity contribution in [2.75, 3.05) is 39.5 Å². The van der Waals surface area contributed by atoms with Crippen LogP contribution in [-0.4, -0.2) is 55.4 Å². The zero-order valence-corrected chi connectivity index (χ0v) is 10.9. The van der Waals surface area contributed by atoms with Crippen molar-refractivity contribution in [1.82, 2.24) is 4.90 Å². The first-order chi connectivity index (χ1) is 9.29. The summed E-state index contributed by atoms with van der Waals surface area (Å²) in [5.74, 6) is 0.658. The smallest absolute Gasteiger partial charge is 0.260 e. The number of ether oxygens (including phenoxy) is 2. The molecule has 104 valence electrons. The summed E-state index contributed by atoms with van der Waals surface area (Å²) in [6, 6.07) is 7.42. The van der Waals surface area contributed by atoms with Gasteiger partial charge in [-0.25, -0.2) is 0 Å². The second-order valence-electron chi connectivity index (χ2n) is 4.40. The van der Waals surface area contributed by atoms with E-state index in [9.17, 15) is 4.79 Å². The number of nitrogens with zero attached hydrogens (tertiary/aromatic N) is 1. The van der Waals surface area contributed by atoms with Crippen molar-refractivity contribution in [3.05, 3.63) is 29.8 Å². The van der Waals surface area contributed by atoms with Gasteiger partial charge in [0.2, 0.25) is 0 Å². The molecule has 0 radical (unpaired) electrons. The second kappa shape index (κ2) is 7.11. The standard InChI is InChI=1S/C14H19NO4/c16-8-5-12-1-3-13(4-2-12)19-11-14(17)15-6-9-18-10-7-15/h1-4,16H,5-11H2. The van der Waals surface area contributed by atoms with Crippen molar-refractivity contribution in [3.63, 3.8) is 0 Å². The van der Waals surface area contributed by atoms with Gasteiger partial charge in [0.15, 0.2) is 6.61 Å². The van der Waals surface area contributed by atoms with E-state index in [-0.39, 0.29) is 19.1 Å². The molecule has 1 amide bonds. The lowest BCUT2D eigenvalue weighted by molar-refractivity contribution is -0.137. The van der Waals surface area contributed by atoms with Gasteiger partial charge in [0, 0.05) is 19.7 Å². The Labute approximate surface area is 112 Å². The molecule has 1 fully saturated rings. The predicted molar refractivity (Wildman–Crippen MR) is 70.1 cm³/mol. The molecule has 1 heterocycles. The Morgan fingerprint density at radius 2 is 1.95 bits per heavy atom. The fraction of sp³-hybridized carbons (Fsp3) is 0.500. The van der Waals surface area contributed by atoms with Crippen LogP contribution in [0.25, 0.3) is 0 Å². The summed E-state index contributed by atoms with van der Waals surface area (Å²) in [6.45, 7) is 2.66. The van der Waals surface area contributed by atoms with Gasteiger partial charge < -0.3 is 19.5 Å². The molecule has 19 heavy (non-hydrogen) atoms. The van der Waals surface area contributed by atoms with Crippen molar-refractivity contribution in [3.8, 4) is 5.75 Å². The molecular weight excluding hydrogens is 246 g/mol. The third kappa shape index (κ3) is 4.22. The molecule has 0 atom stereocenters. The summed E-state index contributed by atoms with van der Waals surface area (Å²) in [6.07, 6.45) is 0.632. The molecule has 1 saturated heterocycles. The predicted octanol–water partition coefficient (Wildman–Crippen LogP) is 0.459. The zero-order valence-electron chi connectivity index (χ0n) is 10.9. The van der Waals surface area contributed by atoms with Crippen LogP contribution in [0.15, 0.2) is 24.3 Å². The van der Waals surface area contributed by atoms with Crippen LogP contribution in [0, 0.1) is 0 Å². The van der Waals surface area contributed by atoms with Crippen molar-refractivity contribution < 1.29 is 19.4 Å². The molecule has 1 aromatic rings. The van der Waals surface area contributed by atoms with E-state index in [1.54, 1.807) is 4.90 Å². The van der Waals surface area contributed by atoms with E-state index < -0.39 is 0 Å². The molecule has 1 aliphatic rings. The average molecular weight is 265 g/mol. The zero-order chi connectivity index (χ0) is 13.5. The molecule has 0 aliphatic carbocycles. The van der Waals surface area contributed by atoms with E-state index in [0.717, 1.165) is 5.56 Å². The molecule has 1 aliphatic heterocycles. The SMILES string of the molecule is O=C(COc1ccc(CCO)cc1)N1CCOCC1. The number of hydrogen-bond acceptors (Lipinski definition) is 4. The number of carbonyl (C=O) groups excluding carboxylic acids is 1. The van der Waals surface area contributed by atoms with Gasteiger partial charge in [0.05, 0.1) is 13.2 Å². The van der Waals surface area contributed by atoms with Gasteiger partial charge in [-0.15, -0.1) is 0 Å². The van der Waals surface area contributed by atoms with E-state index in [4.69, 9.17) is 14.6 Å². The number of morpholine rings is 1. The van der Waals surface area contributed by atoms with Crippen LogP contribution in [0.3, 0.4) is 0 Å². The van der Waals surface area contributed by atoms with Crippen LogP contribution in [0.4, 0.5) is 0 Å². The second-order valence-corrected chi connectivity index (χ2v) is 4.40. The van der Waals surface area contributed by atoms with E-state index in [0.29, 0.717) is 38.5 Å². The Bertz CT molecular complexity index is 398. The quantitative estimate of drug-likeness (QED) is 0.840. The lowest BCUT2D eigenvalue weighted by Gasteiger charge is -2.26. The van der Waals surface area contributed by atoms with Crippen LogP contribution in [-0.2, 0) is 16.0 Å². The van der Waals surface area contributed by atoms with Gasteiger partial charge in [-0.2, -0.15) is 0 Å². The summed E-state index contributed by atoms with van der Waals surface area (Å²) in [5, 5.41) is 8.82. The van der Waals surface area contributed by atoms with Crippen LogP contribution < -0.4 is 4.74 Å². The average Bonchev–Trinajstić information content (AvgIpc) is 2.47. The highest BCUT2D eigenvalue weighted by molar-refractivity contribution is 5.77. The minimum atomic E-state index is -0.0114. The van der Waals surface area contributed by atoms with Crippen LogP contribution in [0.1, 0.15) is 5.56 Å². The summed E-state index contributed by atoms with van der Waals surface area (Å²) >= 11 is 0. The summed E-state index contributed by atoms with van der Waals surface area (Å²) < 4.78 is 10.7. The Balaban J connectivity index is 1.79. The van der Waals surface area contributed by atoms with Gasteiger partial charge in [-0.3, -0.25) is 4.79 Å². The van der Waals surface area contributed by atoms with Crippen molar-refractivity contribution in [2.45, 2.75) is 6.42 Å². The van der Waals surface area contributed by atoms with E-state index in [2.05, 4.69) is 0 Å². The lowest BCUT2D eigenvalue weighted by Crippen LogP contribution is -2.42. The van der Waals surface area contributed by atoms with Crippen LogP contribution in [0.5, 0.6) is 5.75 Å². The van der Waals surface area contributed by atoms with Gasteiger partial charge >= 0.3 is 0 Å². The highest BCUT2D eigenvalue weighted by Gasteiger charge is 2.16. The first-order valence-electron chi connectivity index (χ1n) is 6.48. The lowest BCUT2D eigenvalue weighted by atomic mass is 10.1. The molecule has 1 N–H and O–H groups in total. The fourth-order valence-corrected chi connectivity index (χ4v) is 1.93. The summed E-state index contributed by atoms with van der Waals surface area (Å²) in [4.78, 5) is 13.6. The largest absolute Gasteiger partial charge is 0.484 e. The van der Waals surface area contributed by atoms with Crippen molar-refractivity contribution >= 4 is 5.91 Å². The number of carbonyl (C=O) groups is 1. The topological polar surface area (TPSA) is 59.0 Å². The normalized spacial score (nSPS) is 15.3. The number of hydrogen-bond donors (Lipinski definition) is 1. The fourth-order valence-electron chi connectivity index (χ4n) is 1.93. The molecule has 0 aromatic heterocycles. The highest BCUT2D eigenvalue weighted by atomic mass is 16.5. The van der Waals surface area contributed by atoms with E-state index in [1.807, 2.05) is 24.3 Å². The van der Waals surface area contributed by atoms with Gasteiger partial charge in [0.1, 0.15) is 5.75 Å². The molecule has 0 bridgehead atoms. The van der Waals surface area contributed by atoms with Gasteiger partial charge in [-0.05, 0) is 24.1 Å². The van der Waals surface area contributed by atoms with Crippen LogP contribution >= 0.6 is 0 Å². The Kier molecular flexibility index (Phi) is 5.18. The molecule has 0 saturated carbocycles. The minimum Gasteiger partial charge on any atom is -0.484 e. The highest BCUT2D eigenvalue weighted by Crippen LogP contribution is 2.12. The number of amides is 1.